The van der Waals surface area contributed by atoms with Gasteiger partial charge in [-0.25, -0.2) is 4.79 Å². The van der Waals surface area contributed by atoms with E-state index in [9.17, 15) is 14.4 Å². The Balaban J connectivity index is 1.56. The molecule has 3 rings (SSSR count). The summed E-state index contributed by atoms with van der Waals surface area (Å²) in [5.41, 5.74) is 2.32. The molecule has 0 bridgehead atoms. The first kappa shape index (κ1) is 22.9. The minimum Gasteiger partial charge on any atom is -0.434 e. The predicted molar refractivity (Wildman–Crippen MR) is 123 cm³/mol. The number of ether oxygens (including phenoxy) is 2. The number of amides is 2. The van der Waals surface area contributed by atoms with Crippen LogP contribution in [0, 0.1) is 0 Å². The lowest BCUT2D eigenvalue weighted by molar-refractivity contribution is 0.0950. The molecule has 0 unspecified atom stereocenters. The van der Waals surface area contributed by atoms with Crippen molar-refractivity contribution in [3.05, 3.63) is 89.5 Å². The van der Waals surface area contributed by atoms with Crippen molar-refractivity contribution in [3.8, 4) is 5.75 Å². The Bertz CT molecular complexity index is 1120. The number of nitrogens with one attached hydrogen (secondary N) is 2. The monoisotopic (exact) mass is 450 g/mol. The number of thiol groups is 1. The quantitative estimate of drug-likeness (QED) is 0.276. The summed E-state index contributed by atoms with van der Waals surface area (Å²) in [5.74, 6) is -0.265. The third-order valence-corrected chi connectivity index (χ3v) is 4.76. The molecule has 0 spiro atoms. The average Bonchev–Trinajstić information content (AvgIpc) is 2.78. The van der Waals surface area contributed by atoms with E-state index in [0.717, 1.165) is 5.56 Å². The first-order chi connectivity index (χ1) is 15.5. The predicted octanol–water partition coefficient (Wildman–Crippen LogP) is 4.69. The van der Waals surface area contributed by atoms with Crippen LogP contribution in [0.15, 0.2) is 77.7 Å². The van der Waals surface area contributed by atoms with Crippen LogP contribution >= 0.6 is 12.6 Å². The Kier molecular flexibility index (Phi) is 7.88. The zero-order valence-corrected chi connectivity index (χ0v) is 18.2. The highest BCUT2D eigenvalue weighted by Gasteiger charge is 2.11. The maximum Gasteiger partial charge on any atom is 0.513 e. The fourth-order valence-corrected chi connectivity index (χ4v) is 3.09. The van der Waals surface area contributed by atoms with Gasteiger partial charge in [-0.2, -0.15) is 0 Å². The van der Waals surface area contributed by atoms with Gasteiger partial charge in [-0.05, 0) is 61.0 Å². The number of anilines is 1. The van der Waals surface area contributed by atoms with Gasteiger partial charge in [0.15, 0.2) is 0 Å². The van der Waals surface area contributed by atoms with Crippen molar-refractivity contribution in [1.82, 2.24) is 5.32 Å². The molecule has 0 saturated heterocycles. The Labute approximate surface area is 191 Å². The van der Waals surface area contributed by atoms with Crippen molar-refractivity contribution < 1.29 is 23.9 Å². The minimum atomic E-state index is -0.797. The molecule has 3 aromatic rings. The summed E-state index contributed by atoms with van der Waals surface area (Å²) < 4.78 is 9.68. The van der Waals surface area contributed by atoms with E-state index in [0.29, 0.717) is 21.7 Å². The van der Waals surface area contributed by atoms with Gasteiger partial charge in [0.05, 0.1) is 12.2 Å². The van der Waals surface area contributed by atoms with Crippen molar-refractivity contribution >= 4 is 36.3 Å². The summed E-state index contributed by atoms with van der Waals surface area (Å²) in [5, 5.41) is 5.66. The normalized spacial score (nSPS) is 10.2. The Hall–Kier alpha value is -3.78. The maximum atomic E-state index is 12.5. The number of carbonyl (C=O) groups is 3. The van der Waals surface area contributed by atoms with Crippen LogP contribution in [-0.2, 0) is 11.3 Å². The van der Waals surface area contributed by atoms with Crippen LogP contribution in [0.3, 0.4) is 0 Å². The van der Waals surface area contributed by atoms with Crippen molar-refractivity contribution in [2.45, 2.75) is 18.4 Å². The zero-order chi connectivity index (χ0) is 22.9. The summed E-state index contributed by atoms with van der Waals surface area (Å²) in [7, 11) is 0. The molecule has 7 nitrogen and oxygen atoms in total. The topological polar surface area (TPSA) is 93.7 Å². The summed E-state index contributed by atoms with van der Waals surface area (Å²) >= 11 is 4.31. The molecule has 2 amide bonds. The lowest BCUT2D eigenvalue weighted by Gasteiger charge is -2.10. The second-order valence-electron chi connectivity index (χ2n) is 6.66. The molecule has 0 aliphatic carbocycles. The summed E-state index contributed by atoms with van der Waals surface area (Å²) in [6, 6.07) is 20.4. The van der Waals surface area contributed by atoms with E-state index >= 15 is 0 Å². The zero-order valence-electron chi connectivity index (χ0n) is 17.3. The molecule has 0 heterocycles. The molecule has 0 aliphatic heterocycles. The highest BCUT2D eigenvalue weighted by atomic mass is 32.1. The molecule has 3 aromatic carbocycles. The first-order valence-corrected chi connectivity index (χ1v) is 10.3. The highest BCUT2D eigenvalue weighted by molar-refractivity contribution is 7.80. The number of carbonyl (C=O) groups excluding carboxylic acids is 3. The van der Waals surface area contributed by atoms with E-state index < -0.39 is 6.16 Å². The van der Waals surface area contributed by atoms with Gasteiger partial charge in [-0.1, -0.05) is 24.3 Å². The number of hydrogen-bond acceptors (Lipinski definition) is 6. The van der Waals surface area contributed by atoms with Crippen LogP contribution in [0.4, 0.5) is 10.5 Å². The fraction of sp³-hybridized carbons (Fsp3) is 0.125. The van der Waals surface area contributed by atoms with Gasteiger partial charge in [0.1, 0.15) is 5.75 Å². The van der Waals surface area contributed by atoms with Gasteiger partial charge < -0.3 is 20.1 Å². The number of hydrogen-bond donors (Lipinski definition) is 3. The van der Waals surface area contributed by atoms with Crippen LogP contribution in [-0.4, -0.2) is 24.6 Å². The molecule has 0 radical (unpaired) electrons. The van der Waals surface area contributed by atoms with E-state index in [4.69, 9.17) is 9.47 Å². The van der Waals surface area contributed by atoms with Gasteiger partial charge in [-0.15, -0.1) is 12.6 Å². The standard InChI is InChI=1S/C24H22N2O5S/c1-2-30-24(29)31-19-12-10-17(11-13-19)22(27)25-15-16-6-5-7-18(14-16)26-23(28)20-8-3-4-9-21(20)32/h3-14,32H,2,15H2,1H3,(H,25,27)(H,26,28). The summed E-state index contributed by atoms with van der Waals surface area (Å²) in [6.45, 7) is 2.17. The largest absolute Gasteiger partial charge is 0.513 e. The van der Waals surface area contributed by atoms with Gasteiger partial charge in [-0.3, -0.25) is 9.59 Å². The molecule has 32 heavy (non-hydrogen) atoms. The van der Waals surface area contributed by atoms with Crippen LogP contribution in [0.5, 0.6) is 5.75 Å². The average molecular weight is 451 g/mol. The van der Waals surface area contributed by atoms with Crippen molar-refractivity contribution in [1.29, 1.82) is 0 Å². The number of rotatable bonds is 7. The van der Waals surface area contributed by atoms with E-state index in [1.165, 1.54) is 12.1 Å². The molecule has 0 atom stereocenters. The second-order valence-corrected chi connectivity index (χ2v) is 7.15. The van der Waals surface area contributed by atoms with Gasteiger partial charge >= 0.3 is 6.16 Å². The van der Waals surface area contributed by atoms with Crippen LogP contribution in [0.1, 0.15) is 33.2 Å². The smallest absolute Gasteiger partial charge is 0.434 e. The van der Waals surface area contributed by atoms with Crippen molar-refractivity contribution in [3.63, 3.8) is 0 Å². The van der Waals surface area contributed by atoms with E-state index in [2.05, 4.69) is 23.3 Å². The highest BCUT2D eigenvalue weighted by Crippen LogP contribution is 2.17. The molecule has 0 fully saturated rings. The molecule has 8 heteroatoms. The Morgan fingerprint density at radius 3 is 2.38 bits per heavy atom. The first-order valence-electron chi connectivity index (χ1n) is 9.87. The minimum absolute atomic E-state index is 0.215. The van der Waals surface area contributed by atoms with Crippen LogP contribution in [0.2, 0.25) is 0 Å². The van der Waals surface area contributed by atoms with Crippen LogP contribution in [0.25, 0.3) is 0 Å². The molecular formula is C24H22N2O5S. The van der Waals surface area contributed by atoms with Gasteiger partial charge in [0.2, 0.25) is 0 Å². The lowest BCUT2D eigenvalue weighted by atomic mass is 10.1. The van der Waals surface area contributed by atoms with Crippen molar-refractivity contribution in [2.24, 2.45) is 0 Å². The number of benzene rings is 3. The molecule has 0 aromatic heterocycles. The third-order valence-electron chi connectivity index (χ3n) is 4.37. The van der Waals surface area contributed by atoms with Crippen LogP contribution < -0.4 is 15.4 Å². The van der Waals surface area contributed by atoms with Gasteiger partial charge in [0.25, 0.3) is 11.8 Å². The Morgan fingerprint density at radius 1 is 0.906 bits per heavy atom. The molecule has 0 saturated carbocycles. The SMILES string of the molecule is CCOC(=O)Oc1ccc(C(=O)NCc2cccc(NC(=O)c3ccccc3S)c2)cc1. The fourth-order valence-electron chi connectivity index (χ4n) is 2.83. The lowest BCUT2D eigenvalue weighted by Crippen LogP contribution is -2.23. The van der Waals surface area contributed by atoms with E-state index in [1.807, 2.05) is 12.1 Å². The maximum absolute atomic E-state index is 12.5. The van der Waals surface area contributed by atoms with Gasteiger partial charge in [0, 0.05) is 22.7 Å². The molecule has 0 aliphatic rings. The Morgan fingerprint density at radius 2 is 1.66 bits per heavy atom. The van der Waals surface area contributed by atoms with Crippen molar-refractivity contribution in [2.75, 3.05) is 11.9 Å². The summed E-state index contributed by atoms with van der Waals surface area (Å²) in [4.78, 5) is 36.8. The molecule has 2 N–H and O–H groups in total. The van der Waals surface area contributed by atoms with E-state index in [-0.39, 0.29) is 30.7 Å². The molecular weight excluding hydrogens is 428 g/mol. The third kappa shape index (κ3) is 6.36. The molecule has 164 valence electrons. The van der Waals surface area contributed by atoms with E-state index in [1.54, 1.807) is 55.5 Å². The summed E-state index contributed by atoms with van der Waals surface area (Å²) in [6.07, 6.45) is -0.797. The second kappa shape index (κ2) is 11.0.